The van der Waals surface area contributed by atoms with Gasteiger partial charge >= 0.3 is 0 Å². The van der Waals surface area contributed by atoms with Gasteiger partial charge in [0, 0.05) is 12.3 Å². The third-order valence-corrected chi connectivity index (χ3v) is 8.35. The lowest BCUT2D eigenvalue weighted by Crippen LogP contribution is -2.58. The van der Waals surface area contributed by atoms with Crippen LogP contribution in [0.1, 0.15) is 51.4 Å². The first kappa shape index (κ1) is 23.8. The molecule has 2 bridgehead atoms. The molecule has 0 aromatic heterocycles. The highest BCUT2D eigenvalue weighted by Gasteiger charge is 2.59. The van der Waals surface area contributed by atoms with E-state index in [0.717, 1.165) is 25.7 Å². The molecule has 1 saturated carbocycles. The maximum absolute atomic E-state index is 11.0. The summed E-state index contributed by atoms with van der Waals surface area (Å²) >= 11 is 0. The molecule has 1 N–H and O–H groups in total. The summed E-state index contributed by atoms with van der Waals surface area (Å²) in [6.07, 6.45) is 12.6. The van der Waals surface area contributed by atoms with Gasteiger partial charge in [0.25, 0.3) is 0 Å². The number of allylic oxidation sites excluding steroid dienone is 1. The molecule has 3 nitrogen and oxygen atoms in total. The van der Waals surface area contributed by atoms with E-state index in [2.05, 4.69) is 79.4 Å². The van der Waals surface area contributed by atoms with E-state index in [1.165, 1.54) is 25.7 Å². The van der Waals surface area contributed by atoms with Crippen molar-refractivity contribution in [2.45, 2.75) is 114 Å². The van der Waals surface area contributed by atoms with E-state index in [1.807, 2.05) is 0 Å². The number of hydrogen-bond donors (Lipinski definition) is 1. The Morgan fingerprint density at radius 2 is 1.73 bits per heavy atom. The van der Waals surface area contributed by atoms with E-state index in [-0.39, 0.29) is 23.8 Å². The fraction of sp³-hybridized carbons (Fsp3) is 0.760. The highest BCUT2D eigenvalue weighted by atomic mass is 28.3. The molecule has 3 aliphatic rings. The molecule has 5 atom stereocenters. The molecule has 1 aliphatic carbocycles. The minimum Gasteiger partial charge on any atom is -0.391 e. The Morgan fingerprint density at radius 1 is 1.07 bits per heavy atom. The quantitative estimate of drug-likeness (QED) is 0.481. The van der Waals surface area contributed by atoms with Gasteiger partial charge in [-0.2, -0.15) is 5.06 Å². The molecule has 0 aromatic carbocycles. The Morgan fingerprint density at radius 3 is 2.40 bits per heavy atom. The Bertz CT molecular complexity index is 754. The van der Waals surface area contributed by atoms with Crippen LogP contribution in [0.4, 0.5) is 0 Å². The molecule has 0 amide bonds. The van der Waals surface area contributed by atoms with Gasteiger partial charge in [0.2, 0.25) is 0 Å². The summed E-state index contributed by atoms with van der Waals surface area (Å²) in [5.74, 6) is 7.03. The highest BCUT2D eigenvalue weighted by molar-refractivity contribution is 6.84. The maximum atomic E-state index is 11.0. The number of fused-ring (bicyclic) bond motifs is 1. The van der Waals surface area contributed by atoms with Gasteiger partial charge in [0.1, 0.15) is 16.1 Å². The van der Waals surface area contributed by atoms with Crippen LogP contribution in [0.5, 0.6) is 0 Å². The average molecular weight is 444 g/mol. The molecule has 30 heavy (non-hydrogen) atoms. The van der Waals surface area contributed by atoms with E-state index in [0.29, 0.717) is 5.92 Å². The third-order valence-electron chi connectivity index (χ3n) is 6.52. The number of hydrogen-bond acceptors (Lipinski definition) is 3. The molecule has 2 heterocycles. The zero-order valence-corrected chi connectivity index (χ0v) is 21.9. The van der Waals surface area contributed by atoms with E-state index >= 15 is 0 Å². The summed E-state index contributed by atoms with van der Waals surface area (Å²) in [5.41, 5.74) is 6.92. The van der Waals surface area contributed by atoms with Crippen molar-refractivity contribution < 1.29 is 9.94 Å². The second kappa shape index (κ2) is 9.35. The van der Waals surface area contributed by atoms with Gasteiger partial charge in [-0.05, 0) is 51.0 Å². The smallest absolute Gasteiger partial charge is 0.129 e. The average Bonchev–Trinajstić information content (AvgIpc) is 2.80. The number of hydroxylamine groups is 2. The van der Waals surface area contributed by atoms with Crippen LogP contribution in [0.25, 0.3) is 0 Å². The van der Waals surface area contributed by atoms with Crippen molar-refractivity contribution in [2.75, 3.05) is 0 Å². The number of piperidine rings is 1. The van der Waals surface area contributed by atoms with Crippen molar-refractivity contribution in [1.29, 1.82) is 0 Å². The highest BCUT2D eigenvalue weighted by Crippen LogP contribution is 2.54. The van der Waals surface area contributed by atoms with Crippen LogP contribution in [0.3, 0.4) is 0 Å². The topological polar surface area (TPSA) is 32.7 Å². The van der Waals surface area contributed by atoms with Crippen LogP contribution in [-0.4, -0.2) is 50.1 Å². The van der Waals surface area contributed by atoms with E-state index in [4.69, 9.17) is 4.84 Å². The van der Waals surface area contributed by atoms with Crippen molar-refractivity contribution in [3.05, 3.63) is 12.2 Å². The van der Waals surface area contributed by atoms with E-state index < -0.39 is 16.1 Å². The van der Waals surface area contributed by atoms with Crippen LogP contribution >= 0.6 is 0 Å². The van der Waals surface area contributed by atoms with Gasteiger partial charge in [-0.25, -0.2) is 0 Å². The van der Waals surface area contributed by atoms with Crippen LogP contribution in [0.15, 0.2) is 12.2 Å². The summed E-state index contributed by atoms with van der Waals surface area (Å²) < 4.78 is 0. The number of rotatable bonds is 4. The zero-order chi connectivity index (χ0) is 22.0. The summed E-state index contributed by atoms with van der Waals surface area (Å²) in [4.78, 5) is 6.54. The van der Waals surface area contributed by atoms with Gasteiger partial charge in [-0.15, -0.1) is 17.0 Å². The Labute approximate surface area is 186 Å². The molecule has 0 aromatic rings. The molecule has 3 fully saturated rings. The van der Waals surface area contributed by atoms with Crippen molar-refractivity contribution in [3.63, 3.8) is 0 Å². The number of aliphatic hydroxyl groups is 1. The molecule has 2 saturated heterocycles. The second-order valence-corrected chi connectivity index (χ2v) is 21.0. The van der Waals surface area contributed by atoms with Gasteiger partial charge in [-0.1, -0.05) is 51.3 Å². The molecule has 2 aliphatic heterocycles. The largest absolute Gasteiger partial charge is 0.391 e. The third kappa shape index (κ3) is 5.69. The van der Waals surface area contributed by atoms with Crippen LogP contribution in [0.2, 0.25) is 39.3 Å². The predicted octanol–water partition coefficient (Wildman–Crippen LogP) is 5.15. The summed E-state index contributed by atoms with van der Waals surface area (Å²) in [5, 5.41) is 13.3. The Hall–Kier alpha value is -0.826. The number of aliphatic hydroxyl groups excluding tert-OH is 1. The van der Waals surface area contributed by atoms with Crippen LogP contribution < -0.4 is 0 Å². The molecule has 3 rings (SSSR count). The van der Waals surface area contributed by atoms with E-state index in [1.54, 1.807) is 0 Å². The molecule has 0 radical (unpaired) electrons. The molecular formula is C25H41NO2Si2. The fourth-order valence-corrected chi connectivity index (χ4v) is 6.45. The SMILES string of the molecule is C[Si](C)(C)C#C/C=C\C1C2CCCC13CCC[C@@H](C(O)CCC#C[Si](C)(C)C)N3O2. The van der Waals surface area contributed by atoms with Gasteiger partial charge < -0.3 is 5.11 Å². The molecule has 4 unspecified atom stereocenters. The van der Waals surface area contributed by atoms with Crippen molar-refractivity contribution in [2.24, 2.45) is 5.92 Å². The Balaban J connectivity index is 1.72. The lowest BCUT2D eigenvalue weighted by Gasteiger charge is -2.49. The van der Waals surface area contributed by atoms with E-state index in [9.17, 15) is 5.11 Å². The lowest BCUT2D eigenvalue weighted by molar-refractivity contribution is -0.239. The fourth-order valence-electron chi connectivity index (χ4n) is 5.27. The molecule has 1 spiro atoms. The summed E-state index contributed by atoms with van der Waals surface area (Å²) in [6.45, 7) is 13.6. The lowest BCUT2D eigenvalue weighted by atomic mass is 9.67. The maximum Gasteiger partial charge on any atom is 0.129 e. The monoisotopic (exact) mass is 443 g/mol. The normalized spacial score (nSPS) is 32.7. The minimum atomic E-state index is -1.35. The first-order valence-electron chi connectivity index (χ1n) is 11.9. The van der Waals surface area contributed by atoms with Crippen molar-refractivity contribution in [3.8, 4) is 22.9 Å². The number of nitrogens with zero attached hydrogens (tertiary/aromatic N) is 1. The molecule has 5 heteroatoms. The molecular weight excluding hydrogens is 402 g/mol. The summed E-state index contributed by atoms with van der Waals surface area (Å²) in [6, 6.07) is 0.0968. The predicted molar refractivity (Wildman–Crippen MR) is 131 cm³/mol. The summed E-state index contributed by atoms with van der Waals surface area (Å²) in [7, 11) is -2.69. The zero-order valence-electron chi connectivity index (χ0n) is 19.9. The first-order chi connectivity index (χ1) is 14.0. The standard InChI is InChI=1S/C25H41NO2Si2/c1-29(2,3)19-9-7-13-21-24-16-12-18-25(21)17-11-14-22(26(25)28-24)23(27)15-8-10-20-30(4,5)6/h7,13,21-24,27H,8,11-12,14-18H2,1-6H3/b13-7-/t21?,22-,23?,24?,25?/m0/s1. The van der Waals surface area contributed by atoms with Gasteiger partial charge in [-0.3, -0.25) is 4.84 Å². The van der Waals surface area contributed by atoms with Crippen molar-refractivity contribution in [1.82, 2.24) is 5.06 Å². The van der Waals surface area contributed by atoms with Gasteiger partial charge in [0.05, 0.1) is 23.8 Å². The van der Waals surface area contributed by atoms with Gasteiger partial charge in [0.15, 0.2) is 0 Å². The van der Waals surface area contributed by atoms with Crippen molar-refractivity contribution >= 4 is 16.1 Å². The minimum absolute atomic E-state index is 0.0498. The first-order valence-corrected chi connectivity index (χ1v) is 18.9. The Kier molecular flexibility index (Phi) is 7.43. The molecule has 166 valence electrons. The van der Waals surface area contributed by atoms with Crippen LogP contribution in [0, 0.1) is 28.8 Å². The second-order valence-electron chi connectivity index (χ2n) is 11.5. The van der Waals surface area contributed by atoms with Crippen LogP contribution in [-0.2, 0) is 4.84 Å².